The van der Waals surface area contributed by atoms with Crippen molar-refractivity contribution in [1.82, 2.24) is 10.6 Å². The van der Waals surface area contributed by atoms with Crippen LogP contribution in [0, 0.1) is 0 Å². The molecule has 110 valence electrons. The van der Waals surface area contributed by atoms with Crippen molar-refractivity contribution < 1.29 is 24.6 Å². The molecule has 6 N–H and O–H groups in total. The minimum Gasteiger partial charge on any atom is -0.480 e. The zero-order valence-corrected chi connectivity index (χ0v) is 11.7. The number of aliphatic hydroxyl groups excluding tert-OH is 1. The van der Waals surface area contributed by atoms with Gasteiger partial charge in [-0.25, -0.2) is 4.79 Å². The van der Waals surface area contributed by atoms with E-state index in [2.05, 4.69) is 35.9 Å². The normalized spacial score (nSPS) is 15.2. The second-order valence-corrected chi connectivity index (χ2v) is 4.35. The molecule has 2 amide bonds. The van der Waals surface area contributed by atoms with Crippen molar-refractivity contribution in [1.29, 1.82) is 0 Å². The molecule has 0 spiro atoms. The van der Waals surface area contributed by atoms with E-state index in [-0.39, 0.29) is 11.5 Å². The van der Waals surface area contributed by atoms with Gasteiger partial charge in [0, 0.05) is 11.5 Å². The predicted molar refractivity (Wildman–Crippen MR) is 74.3 cm³/mol. The summed E-state index contributed by atoms with van der Waals surface area (Å²) >= 11 is 7.72. The molecule has 0 aliphatic rings. The van der Waals surface area contributed by atoms with Crippen molar-refractivity contribution >= 4 is 43.0 Å². The number of aliphatic hydroxyl groups is 1. The lowest BCUT2D eigenvalue weighted by Gasteiger charge is -2.20. The first-order valence-corrected chi connectivity index (χ1v) is 6.55. The van der Waals surface area contributed by atoms with Crippen LogP contribution in [0.5, 0.6) is 0 Å². The van der Waals surface area contributed by atoms with Gasteiger partial charge in [0.05, 0.1) is 12.6 Å². The summed E-state index contributed by atoms with van der Waals surface area (Å²) in [6, 6.07) is -3.37. The number of carbonyl (C=O) groups is 3. The molecule has 10 heteroatoms. The van der Waals surface area contributed by atoms with Crippen LogP contribution in [0.15, 0.2) is 0 Å². The number of amides is 2. The van der Waals surface area contributed by atoms with Gasteiger partial charge >= 0.3 is 5.97 Å². The highest BCUT2D eigenvalue weighted by Gasteiger charge is 2.26. The van der Waals surface area contributed by atoms with E-state index in [0.29, 0.717) is 0 Å². The summed E-state index contributed by atoms with van der Waals surface area (Å²) in [7, 11) is 0. The predicted octanol–water partition coefficient (Wildman–Crippen LogP) is -2.78. The van der Waals surface area contributed by atoms with Gasteiger partial charge in [-0.15, -0.1) is 0 Å². The highest BCUT2D eigenvalue weighted by molar-refractivity contribution is 7.80. The van der Waals surface area contributed by atoms with E-state index < -0.39 is 42.5 Å². The van der Waals surface area contributed by atoms with Crippen LogP contribution in [0.1, 0.15) is 0 Å². The SMILES string of the molecule is NC(CS)C(=O)NC(CS)C(=O)NC(CO)C(=O)O. The summed E-state index contributed by atoms with van der Waals surface area (Å²) in [6.45, 7) is -0.759. The topological polar surface area (TPSA) is 142 Å². The maximum Gasteiger partial charge on any atom is 0.328 e. The third-order valence-corrected chi connectivity index (χ3v) is 2.90. The number of thiol groups is 2. The molecule has 0 aliphatic carbocycles. The third kappa shape index (κ3) is 6.14. The number of carboxylic acid groups (broad SMARTS) is 1. The van der Waals surface area contributed by atoms with Crippen LogP contribution in [-0.4, -0.2) is 64.2 Å². The van der Waals surface area contributed by atoms with E-state index in [1.165, 1.54) is 0 Å². The molecular formula is C9H17N3O5S2. The number of carbonyl (C=O) groups excluding carboxylic acids is 2. The Morgan fingerprint density at radius 3 is 1.95 bits per heavy atom. The highest BCUT2D eigenvalue weighted by Crippen LogP contribution is 1.94. The van der Waals surface area contributed by atoms with Gasteiger partial charge in [-0.2, -0.15) is 25.3 Å². The van der Waals surface area contributed by atoms with Gasteiger partial charge in [0.15, 0.2) is 0 Å². The summed E-state index contributed by atoms with van der Waals surface area (Å²) < 4.78 is 0. The first-order chi connectivity index (χ1) is 8.87. The number of hydrogen-bond donors (Lipinski definition) is 7. The van der Waals surface area contributed by atoms with Gasteiger partial charge in [-0.05, 0) is 0 Å². The molecule has 0 aromatic carbocycles. The summed E-state index contributed by atoms with van der Waals surface area (Å²) in [5.74, 6) is -2.70. The summed E-state index contributed by atoms with van der Waals surface area (Å²) in [4.78, 5) is 33.8. The fraction of sp³-hybridized carbons (Fsp3) is 0.667. The van der Waals surface area contributed by atoms with Crippen molar-refractivity contribution in [3.8, 4) is 0 Å². The Balaban J connectivity index is 4.56. The van der Waals surface area contributed by atoms with Gasteiger partial charge in [-0.1, -0.05) is 0 Å². The average molecular weight is 311 g/mol. The monoisotopic (exact) mass is 311 g/mol. The zero-order valence-electron chi connectivity index (χ0n) is 9.94. The van der Waals surface area contributed by atoms with Crippen molar-refractivity contribution in [2.75, 3.05) is 18.1 Å². The second kappa shape index (κ2) is 9.02. The summed E-state index contributed by atoms with van der Waals surface area (Å²) in [5.41, 5.74) is 5.42. The zero-order chi connectivity index (χ0) is 15.0. The molecule has 0 aromatic heterocycles. The number of carboxylic acids is 1. The number of nitrogens with one attached hydrogen (secondary N) is 2. The maximum atomic E-state index is 11.7. The Hall–Kier alpha value is -0.970. The Bertz CT molecular complexity index is 342. The van der Waals surface area contributed by atoms with Crippen LogP contribution in [-0.2, 0) is 14.4 Å². The van der Waals surface area contributed by atoms with Gasteiger partial charge in [0.25, 0.3) is 0 Å². The molecule has 0 aliphatic heterocycles. The first-order valence-electron chi connectivity index (χ1n) is 5.29. The highest BCUT2D eigenvalue weighted by atomic mass is 32.1. The lowest BCUT2D eigenvalue weighted by molar-refractivity contribution is -0.143. The van der Waals surface area contributed by atoms with Crippen LogP contribution in [0.3, 0.4) is 0 Å². The minimum absolute atomic E-state index is 0.0470. The minimum atomic E-state index is -1.44. The standard InChI is InChI=1S/C9H17N3O5S2/c10-4(2-18)7(14)12-6(3-19)8(15)11-5(1-13)9(16)17/h4-6,13,18-19H,1-3,10H2,(H,11,15)(H,12,14)(H,16,17). The third-order valence-electron chi connectivity index (χ3n) is 2.15. The van der Waals surface area contributed by atoms with E-state index in [0.717, 1.165) is 0 Å². The molecular weight excluding hydrogens is 294 g/mol. The van der Waals surface area contributed by atoms with E-state index in [9.17, 15) is 14.4 Å². The lowest BCUT2D eigenvalue weighted by Crippen LogP contribution is -2.56. The Labute approximate surface area is 120 Å². The van der Waals surface area contributed by atoms with Gasteiger partial charge in [0.2, 0.25) is 11.8 Å². The molecule has 19 heavy (non-hydrogen) atoms. The molecule has 3 unspecified atom stereocenters. The van der Waals surface area contributed by atoms with Crippen LogP contribution in [0.2, 0.25) is 0 Å². The van der Waals surface area contributed by atoms with Crippen LogP contribution in [0.4, 0.5) is 0 Å². The number of rotatable bonds is 8. The molecule has 0 saturated heterocycles. The number of hydrogen-bond acceptors (Lipinski definition) is 7. The summed E-state index contributed by atoms with van der Waals surface area (Å²) in [5, 5.41) is 21.8. The molecule has 0 heterocycles. The van der Waals surface area contributed by atoms with Crippen LogP contribution < -0.4 is 16.4 Å². The first kappa shape index (κ1) is 18.0. The number of nitrogens with two attached hydrogens (primary N) is 1. The molecule has 0 aromatic rings. The molecule has 0 bridgehead atoms. The number of aliphatic carboxylic acids is 1. The van der Waals surface area contributed by atoms with Crippen molar-refractivity contribution in [2.24, 2.45) is 5.73 Å². The van der Waals surface area contributed by atoms with E-state index >= 15 is 0 Å². The van der Waals surface area contributed by atoms with Crippen LogP contribution >= 0.6 is 25.3 Å². The van der Waals surface area contributed by atoms with Gasteiger partial charge < -0.3 is 26.6 Å². The largest absolute Gasteiger partial charge is 0.480 e. The molecule has 8 nitrogen and oxygen atoms in total. The molecule has 0 radical (unpaired) electrons. The molecule has 3 atom stereocenters. The Kier molecular flexibility index (Phi) is 8.56. The van der Waals surface area contributed by atoms with Crippen molar-refractivity contribution in [3.05, 3.63) is 0 Å². The average Bonchev–Trinajstić information content (AvgIpc) is 2.39. The quantitative estimate of drug-likeness (QED) is 0.242. The molecule has 0 saturated carbocycles. The molecule has 0 fully saturated rings. The fourth-order valence-corrected chi connectivity index (χ4v) is 1.44. The van der Waals surface area contributed by atoms with Crippen LogP contribution in [0.25, 0.3) is 0 Å². The second-order valence-electron chi connectivity index (χ2n) is 3.61. The van der Waals surface area contributed by atoms with E-state index in [1.54, 1.807) is 0 Å². The molecule has 0 rings (SSSR count). The summed E-state index contributed by atoms with van der Waals surface area (Å²) in [6.07, 6.45) is 0. The Morgan fingerprint density at radius 2 is 1.58 bits per heavy atom. The van der Waals surface area contributed by atoms with E-state index in [4.69, 9.17) is 15.9 Å². The van der Waals surface area contributed by atoms with Gasteiger partial charge in [-0.3, -0.25) is 9.59 Å². The lowest BCUT2D eigenvalue weighted by atomic mass is 10.2. The van der Waals surface area contributed by atoms with Crippen molar-refractivity contribution in [2.45, 2.75) is 18.1 Å². The fourth-order valence-electron chi connectivity index (χ4n) is 1.01. The van der Waals surface area contributed by atoms with E-state index in [1.807, 2.05) is 0 Å². The maximum absolute atomic E-state index is 11.7. The Morgan fingerprint density at radius 1 is 1.05 bits per heavy atom. The van der Waals surface area contributed by atoms with Crippen molar-refractivity contribution in [3.63, 3.8) is 0 Å². The van der Waals surface area contributed by atoms with Gasteiger partial charge in [0.1, 0.15) is 12.1 Å². The smallest absolute Gasteiger partial charge is 0.328 e.